The normalized spacial score (nSPS) is 11.0. The van der Waals surface area contributed by atoms with Gasteiger partial charge in [-0.15, -0.1) is 0 Å². The molecule has 0 saturated heterocycles. The maximum Gasteiger partial charge on any atom is 0.261 e. The number of hydrogen-bond acceptors (Lipinski definition) is 3. The van der Waals surface area contributed by atoms with Crippen molar-refractivity contribution in [1.29, 1.82) is 5.26 Å². The summed E-state index contributed by atoms with van der Waals surface area (Å²) in [6.45, 7) is 1.76. The molecule has 4 nitrogen and oxygen atoms in total. The highest BCUT2D eigenvalue weighted by Gasteiger charge is 2.17. The van der Waals surface area contributed by atoms with Crippen molar-refractivity contribution in [3.8, 4) is 6.07 Å². The van der Waals surface area contributed by atoms with Crippen LogP contribution in [0.2, 0.25) is 0 Å². The molecule has 108 valence electrons. The fraction of sp³-hybridized carbons (Fsp3) is 0.0714. The minimum Gasteiger partial charge on any atom is -0.279 e. The third kappa shape index (κ3) is 3.40. The molecule has 2 aromatic carbocycles. The molecule has 0 atom stereocenters. The van der Waals surface area contributed by atoms with Crippen LogP contribution in [0, 0.1) is 24.1 Å². The Morgan fingerprint density at radius 1 is 1.24 bits per heavy atom. The molecule has 0 aromatic heterocycles. The van der Waals surface area contributed by atoms with Gasteiger partial charge in [-0.25, -0.2) is 12.8 Å². The molecule has 0 saturated carbocycles. The van der Waals surface area contributed by atoms with Gasteiger partial charge in [-0.05, 0) is 48.9 Å². The molecule has 0 amide bonds. The zero-order valence-electron chi connectivity index (χ0n) is 10.9. The average Bonchev–Trinajstić information content (AvgIpc) is 2.42. The number of nitrogens with zero attached hydrogens (tertiary/aromatic N) is 1. The second kappa shape index (κ2) is 5.84. The Hall–Kier alpha value is -1.91. The highest BCUT2D eigenvalue weighted by Crippen LogP contribution is 2.23. The summed E-state index contributed by atoms with van der Waals surface area (Å²) in [6, 6.07) is 9.79. The molecular weight excluding hydrogens is 359 g/mol. The van der Waals surface area contributed by atoms with E-state index in [1.807, 2.05) is 0 Å². The van der Waals surface area contributed by atoms with Crippen LogP contribution in [0.4, 0.5) is 10.1 Å². The molecule has 0 bridgehead atoms. The molecule has 0 spiro atoms. The maximum absolute atomic E-state index is 13.3. The summed E-state index contributed by atoms with van der Waals surface area (Å²) in [5.74, 6) is -0.753. The Morgan fingerprint density at radius 3 is 2.57 bits per heavy atom. The summed E-state index contributed by atoms with van der Waals surface area (Å²) in [4.78, 5) is -0.164. The summed E-state index contributed by atoms with van der Waals surface area (Å²) >= 11 is 3.29. The molecule has 0 radical (unpaired) electrons. The maximum atomic E-state index is 13.3. The van der Waals surface area contributed by atoms with Crippen LogP contribution in [0.25, 0.3) is 0 Å². The minimum absolute atomic E-state index is 0.164. The SMILES string of the molecule is Cc1cc(Br)ccc1NS(=O)(=O)c1ccc(F)c(C#N)c1. The van der Waals surface area contributed by atoms with Gasteiger partial charge in [0.25, 0.3) is 10.0 Å². The second-order valence-electron chi connectivity index (χ2n) is 4.32. The van der Waals surface area contributed by atoms with Crippen molar-refractivity contribution in [2.24, 2.45) is 0 Å². The van der Waals surface area contributed by atoms with Crippen LogP contribution in [0.1, 0.15) is 11.1 Å². The topological polar surface area (TPSA) is 70.0 Å². The lowest BCUT2D eigenvalue weighted by atomic mass is 10.2. The molecule has 0 heterocycles. The van der Waals surface area contributed by atoms with Gasteiger partial charge < -0.3 is 0 Å². The van der Waals surface area contributed by atoms with E-state index in [4.69, 9.17) is 5.26 Å². The van der Waals surface area contributed by atoms with Crippen molar-refractivity contribution in [2.45, 2.75) is 11.8 Å². The summed E-state index contributed by atoms with van der Waals surface area (Å²) < 4.78 is 41.0. The molecule has 0 aliphatic heterocycles. The number of benzene rings is 2. The Morgan fingerprint density at radius 2 is 1.95 bits per heavy atom. The fourth-order valence-corrected chi connectivity index (χ4v) is 3.33. The number of hydrogen-bond donors (Lipinski definition) is 1. The van der Waals surface area contributed by atoms with E-state index in [0.717, 1.165) is 28.2 Å². The molecule has 7 heteroatoms. The second-order valence-corrected chi connectivity index (χ2v) is 6.92. The first-order chi connectivity index (χ1) is 9.83. The first-order valence-electron chi connectivity index (χ1n) is 5.82. The van der Waals surface area contributed by atoms with Gasteiger partial charge in [-0.1, -0.05) is 15.9 Å². The van der Waals surface area contributed by atoms with Gasteiger partial charge in [-0.3, -0.25) is 4.72 Å². The number of halogens is 2. The number of anilines is 1. The van der Waals surface area contributed by atoms with E-state index < -0.39 is 15.8 Å². The molecular formula is C14H10BrFN2O2S. The van der Waals surface area contributed by atoms with Gasteiger partial charge in [0.1, 0.15) is 11.9 Å². The zero-order valence-corrected chi connectivity index (χ0v) is 13.3. The van der Waals surface area contributed by atoms with Crippen molar-refractivity contribution < 1.29 is 12.8 Å². The van der Waals surface area contributed by atoms with Crippen molar-refractivity contribution in [2.75, 3.05) is 4.72 Å². The molecule has 0 fully saturated rings. The quantitative estimate of drug-likeness (QED) is 0.899. The van der Waals surface area contributed by atoms with E-state index in [1.165, 1.54) is 0 Å². The van der Waals surface area contributed by atoms with Gasteiger partial charge >= 0.3 is 0 Å². The first kappa shape index (κ1) is 15.5. The lowest BCUT2D eigenvalue weighted by molar-refractivity contribution is 0.599. The number of rotatable bonds is 3. The van der Waals surface area contributed by atoms with Crippen molar-refractivity contribution in [3.05, 3.63) is 57.8 Å². The standard InChI is InChI=1S/C14H10BrFN2O2S/c1-9-6-11(15)2-5-14(9)18-21(19,20)12-3-4-13(16)10(7-12)8-17/h2-7,18H,1H3. The highest BCUT2D eigenvalue weighted by atomic mass is 79.9. The monoisotopic (exact) mass is 368 g/mol. The molecule has 0 unspecified atom stereocenters. The smallest absolute Gasteiger partial charge is 0.261 e. The third-order valence-corrected chi connectivity index (χ3v) is 4.66. The molecule has 1 N–H and O–H groups in total. The van der Waals surface area contributed by atoms with E-state index in [1.54, 1.807) is 31.2 Å². The molecule has 21 heavy (non-hydrogen) atoms. The third-order valence-electron chi connectivity index (χ3n) is 2.80. The van der Waals surface area contributed by atoms with E-state index in [-0.39, 0.29) is 10.5 Å². The number of aryl methyl sites for hydroxylation is 1. The summed E-state index contributed by atoms with van der Waals surface area (Å²) in [5, 5.41) is 8.76. The summed E-state index contributed by atoms with van der Waals surface area (Å²) in [7, 11) is -3.88. The van der Waals surface area contributed by atoms with Crippen molar-refractivity contribution in [1.82, 2.24) is 0 Å². The average molecular weight is 369 g/mol. The van der Waals surface area contributed by atoms with Gasteiger partial charge in [-0.2, -0.15) is 5.26 Å². The predicted octanol–water partition coefficient (Wildman–Crippen LogP) is 3.57. The van der Waals surface area contributed by atoms with Crippen LogP contribution in [-0.2, 0) is 10.0 Å². The minimum atomic E-state index is -3.88. The Kier molecular flexibility index (Phi) is 4.30. The van der Waals surface area contributed by atoms with Gasteiger partial charge in [0, 0.05) is 4.47 Å². The van der Waals surface area contributed by atoms with Crippen LogP contribution in [-0.4, -0.2) is 8.42 Å². The Bertz CT molecular complexity index is 845. The van der Waals surface area contributed by atoms with E-state index in [0.29, 0.717) is 5.69 Å². The van der Waals surface area contributed by atoms with Crippen LogP contribution in [0.3, 0.4) is 0 Å². The molecule has 0 aliphatic carbocycles. The van der Waals surface area contributed by atoms with Crippen molar-refractivity contribution in [3.63, 3.8) is 0 Å². The Balaban J connectivity index is 2.41. The largest absolute Gasteiger partial charge is 0.279 e. The van der Waals surface area contributed by atoms with E-state index in [9.17, 15) is 12.8 Å². The van der Waals surface area contributed by atoms with Crippen LogP contribution in [0.5, 0.6) is 0 Å². The summed E-state index contributed by atoms with van der Waals surface area (Å²) in [6.07, 6.45) is 0. The Labute approximate surface area is 130 Å². The van der Waals surface area contributed by atoms with Crippen LogP contribution in [0.15, 0.2) is 45.8 Å². The van der Waals surface area contributed by atoms with Gasteiger partial charge in [0.15, 0.2) is 0 Å². The highest BCUT2D eigenvalue weighted by molar-refractivity contribution is 9.10. The number of sulfonamides is 1. The summed E-state index contributed by atoms with van der Waals surface area (Å²) in [5.41, 5.74) is 0.835. The van der Waals surface area contributed by atoms with E-state index >= 15 is 0 Å². The lowest BCUT2D eigenvalue weighted by Gasteiger charge is -2.11. The number of nitrogens with one attached hydrogen (secondary N) is 1. The molecule has 2 aromatic rings. The van der Waals surface area contributed by atoms with E-state index in [2.05, 4.69) is 20.7 Å². The fourth-order valence-electron chi connectivity index (χ4n) is 1.70. The van der Waals surface area contributed by atoms with Crippen molar-refractivity contribution >= 4 is 31.6 Å². The molecule has 0 aliphatic rings. The number of nitriles is 1. The van der Waals surface area contributed by atoms with Gasteiger partial charge in [0.05, 0.1) is 16.1 Å². The van der Waals surface area contributed by atoms with Crippen LogP contribution < -0.4 is 4.72 Å². The first-order valence-corrected chi connectivity index (χ1v) is 8.10. The lowest BCUT2D eigenvalue weighted by Crippen LogP contribution is -2.14. The predicted molar refractivity (Wildman–Crippen MR) is 80.8 cm³/mol. The molecule has 2 rings (SSSR count). The van der Waals surface area contributed by atoms with Gasteiger partial charge in [0.2, 0.25) is 0 Å². The zero-order chi connectivity index (χ0) is 15.6. The van der Waals surface area contributed by atoms with Crippen LogP contribution >= 0.6 is 15.9 Å².